The number of hydrogen-bond acceptors (Lipinski definition) is 1. The van der Waals surface area contributed by atoms with Crippen LogP contribution in [0.25, 0.3) is 0 Å². The first-order chi connectivity index (χ1) is 5.75. The predicted molar refractivity (Wildman–Crippen MR) is 50.8 cm³/mol. The highest BCUT2D eigenvalue weighted by Gasteiger charge is 2.12. The Bertz CT molecular complexity index is 218. The molecule has 0 heterocycles. The van der Waals surface area contributed by atoms with Gasteiger partial charge in [0.1, 0.15) is 0 Å². The van der Waals surface area contributed by atoms with Gasteiger partial charge in [-0.25, -0.2) is 0 Å². The van der Waals surface area contributed by atoms with E-state index in [1.807, 2.05) is 37.3 Å². The molecule has 0 fully saturated rings. The lowest BCUT2D eigenvalue weighted by Crippen LogP contribution is -2.14. The van der Waals surface area contributed by atoms with E-state index in [4.69, 9.17) is 0 Å². The minimum Gasteiger partial charge on any atom is -0.393 e. The zero-order valence-electron chi connectivity index (χ0n) is 7.40. The lowest BCUT2D eigenvalue weighted by molar-refractivity contribution is 0.152. The Balaban J connectivity index is 2.71. The molecule has 1 N–H and O–H groups in total. The van der Waals surface area contributed by atoms with Gasteiger partial charge in [0.25, 0.3) is 0 Å². The summed E-state index contributed by atoms with van der Waals surface area (Å²) in [6, 6.07) is 10.0. The van der Waals surface area contributed by atoms with E-state index in [2.05, 4.69) is 6.92 Å². The van der Waals surface area contributed by atoms with Crippen LogP contribution in [0.3, 0.4) is 0 Å². The molecule has 0 aliphatic heterocycles. The summed E-state index contributed by atoms with van der Waals surface area (Å²) in [5.41, 5.74) is 1.17. The molecule has 0 aromatic heterocycles. The van der Waals surface area contributed by atoms with Crippen LogP contribution in [0.4, 0.5) is 0 Å². The van der Waals surface area contributed by atoms with Crippen molar-refractivity contribution in [2.75, 3.05) is 0 Å². The Morgan fingerprint density at radius 2 is 1.92 bits per heavy atom. The molecule has 1 heteroatoms. The molecular weight excluding hydrogens is 148 g/mol. The summed E-state index contributed by atoms with van der Waals surface area (Å²) < 4.78 is 0. The standard InChI is InChI=1S/C11H15O/c1-3-11(12)9(2)10-7-5-4-6-8-10/h4-9,11-12H,1,3H2,2H3. The summed E-state index contributed by atoms with van der Waals surface area (Å²) in [6.07, 6.45) is 0.239. The zero-order valence-corrected chi connectivity index (χ0v) is 7.40. The fourth-order valence-corrected chi connectivity index (χ4v) is 1.23. The van der Waals surface area contributed by atoms with Gasteiger partial charge in [-0.1, -0.05) is 44.2 Å². The number of aliphatic hydroxyl groups excluding tert-OH is 1. The SMILES string of the molecule is [CH2]CC(O)C(C)c1ccccc1. The Morgan fingerprint density at radius 1 is 1.33 bits per heavy atom. The Morgan fingerprint density at radius 3 is 2.42 bits per heavy atom. The Labute approximate surface area is 74.1 Å². The van der Waals surface area contributed by atoms with Crippen LogP contribution in [-0.4, -0.2) is 11.2 Å². The van der Waals surface area contributed by atoms with E-state index in [1.54, 1.807) is 0 Å². The molecule has 1 aromatic carbocycles. The third-order valence-corrected chi connectivity index (χ3v) is 2.20. The lowest BCUT2D eigenvalue weighted by atomic mass is 9.94. The second-order valence-corrected chi connectivity index (χ2v) is 3.06. The number of aliphatic hydroxyl groups is 1. The van der Waals surface area contributed by atoms with Gasteiger partial charge in [-0.3, -0.25) is 0 Å². The molecule has 1 nitrogen and oxygen atoms in total. The van der Waals surface area contributed by atoms with Gasteiger partial charge < -0.3 is 5.11 Å². The quantitative estimate of drug-likeness (QED) is 0.725. The fraction of sp³-hybridized carbons (Fsp3) is 0.364. The summed E-state index contributed by atoms with van der Waals surface area (Å²) in [7, 11) is 0. The van der Waals surface area contributed by atoms with Crippen LogP contribution in [0, 0.1) is 6.92 Å². The van der Waals surface area contributed by atoms with Gasteiger partial charge in [0.05, 0.1) is 6.10 Å². The van der Waals surface area contributed by atoms with E-state index in [0.717, 1.165) is 0 Å². The van der Waals surface area contributed by atoms with Crippen molar-refractivity contribution >= 4 is 0 Å². The van der Waals surface area contributed by atoms with Crippen molar-refractivity contribution in [1.82, 2.24) is 0 Å². The molecule has 0 aliphatic carbocycles. The van der Waals surface area contributed by atoms with E-state index >= 15 is 0 Å². The number of hydrogen-bond donors (Lipinski definition) is 1. The van der Waals surface area contributed by atoms with Crippen LogP contribution >= 0.6 is 0 Å². The van der Waals surface area contributed by atoms with E-state index in [9.17, 15) is 5.11 Å². The maximum atomic E-state index is 9.52. The molecule has 1 radical (unpaired) electrons. The highest BCUT2D eigenvalue weighted by molar-refractivity contribution is 5.19. The van der Waals surface area contributed by atoms with Gasteiger partial charge in [0.2, 0.25) is 0 Å². The maximum absolute atomic E-state index is 9.52. The Hall–Kier alpha value is -0.820. The van der Waals surface area contributed by atoms with Crippen molar-refractivity contribution in [3.05, 3.63) is 42.8 Å². The van der Waals surface area contributed by atoms with Gasteiger partial charge in [-0.2, -0.15) is 0 Å². The molecule has 2 unspecified atom stereocenters. The highest BCUT2D eigenvalue weighted by Crippen LogP contribution is 2.19. The first-order valence-corrected chi connectivity index (χ1v) is 4.28. The smallest absolute Gasteiger partial charge is 0.0606 e. The van der Waals surface area contributed by atoms with Gasteiger partial charge in [-0.15, -0.1) is 0 Å². The molecule has 12 heavy (non-hydrogen) atoms. The monoisotopic (exact) mass is 163 g/mol. The van der Waals surface area contributed by atoms with Gasteiger partial charge in [-0.05, 0) is 12.0 Å². The summed E-state index contributed by atoms with van der Waals surface area (Å²) in [5, 5.41) is 9.52. The number of benzene rings is 1. The van der Waals surface area contributed by atoms with Gasteiger partial charge in [0, 0.05) is 5.92 Å². The van der Waals surface area contributed by atoms with E-state index in [1.165, 1.54) is 5.56 Å². The molecule has 65 valence electrons. The minimum absolute atomic E-state index is 0.184. The molecule has 0 spiro atoms. The molecule has 0 saturated heterocycles. The zero-order chi connectivity index (χ0) is 8.97. The van der Waals surface area contributed by atoms with Crippen LogP contribution in [0.5, 0.6) is 0 Å². The molecule has 0 saturated carbocycles. The second-order valence-electron chi connectivity index (χ2n) is 3.06. The summed E-state index contributed by atoms with van der Waals surface area (Å²) in [4.78, 5) is 0. The number of rotatable bonds is 3. The van der Waals surface area contributed by atoms with Crippen molar-refractivity contribution < 1.29 is 5.11 Å². The lowest BCUT2D eigenvalue weighted by Gasteiger charge is -2.17. The molecule has 1 aromatic rings. The molecule has 0 aliphatic rings. The molecule has 0 bridgehead atoms. The van der Waals surface area contributed by atoms with Crippen LogP contribution in [0.2, 0.25) is 0 Å². The Kier molecular flexibility index (Phi) is 3.30. The summed E-state index contributed by atoms with van der Waals surface area (Å²) >= 11 is 0. The second kappa shape index (κ2) is 4.27. The highest BCUT2D eigenvalue weighted by atomic mass is 16.3. The first-order valence-electron chi connectivity index (χ1n) is 4.28. The van der Waals surface area contributed by atoms with Crippen molar-refractivity contribution in [2.45, 2.75) is 25.4 Å². The minimum atomic E-state index is -0.326. The predicted octanol–water partition coefficient (Wildman–Crippen LogP) is 2.38. The summed E-state index contributed by atoms with van der Waals surface area (Å²) in [6.45, 7) is 5.70. The summed E-state index contributed by atoms with van der Waals surface area (Å²) in [5.74, 6) is 0.184. The third-order valence-electron chi connectivity index (χ3n) is 2.20. The molecule has 2 atom stereocenters. The van der Waals surface area contributed by atoms with E-state index in [-0.39, 0.29) is 12.0 Å². The van der Waals surface area contributed by atoms with Crippen LogP contribution < -0.4 is 0 Å². The van der Waals surface area contributed by atoms with Crippen molar-refractivity contribution in [2.24, 2.45) is 0 Å². The van der Waals surface area contributed by atoms with Crippen LogP contribution in [0.1, 0.15) is 24.8 Å². The average Bonchev–Trinajstić information content (AvgIpc) is 2.17. The van der Waals surface area contributed by atoms with Crippen molar-refractivity contribution in [3.8, 4) is 0 Å². The fourth-order valence-electron chi connectivity index (χ4n) is 1.23. The van der Waals surface area contributed by atoms with Gasteiger partial charge >= 0.3 is 0 Å². The third kappa shape index (κ3) is 2.08. The average molecular weight is 163 g/mol. The maximum Gasteiger partial charge on any atom is 0.0606 e. The van der Waals surface area contributed by atoms with Crippen molar-refractivity contribution in [3.63, 3.8) is 0 Å². The van der Waals surface area contributed by atoms with Gasteiger partial charge in [0.15, 0.2) is 0 Å². The molecular formula is C11H15O. The molecule has 0 amide bonds. The normalized spacial score (nSPS) is 15.6. The van der Waals surface area contributed by atoms with Crippen molar-refractivity contribution in [1.29, 1.82) is 0 Å². The van der Waals surface area contributed by atoms with E-state index in [0.29, 0.717) is 6.42 Å². The van der Waals surface area contributed by atoms with Crippen LogP contribution in [0.15, 0.2) is 30.3 Å². The largest absolute Gasteiger partial charge is 0.393 e. The molecule has 1 rings (SSSR count). The topological polar surface area (TPSA) is 20.2 Å². The van der Waals surface area contributed by atoms with E-state index < -0.39 is 0 Å². The van der Waals surface area contributed by atoms with Crippen LogP contribution in [-0.2, 0) is 0 Å². The first kappa shape index (κ1) is 9.27.